The number of imide groups is 1. The van der Waals surface area contributed by atoms with Gasteiger partial charge in [0.2, 0.25) is 5.91 Å². The Kier molecular flexibility index (Phi) is 5.63. The number of hydrogen-bond donors (Lipinski definition) is 2. The molecule has 2 N–H and O–H groups in total. The third-order valence-electron chi connectivity index (χ3n) is 5.30. The molecule has 0 aliphatic heterocycles. The van der Waals surface area contributed by atoms with Crippen molar-refractivity contribution in [3.8, 4) is 0 Å². The Hall–Kier alpha value is -1.67. The zero-order valence-electron chi connectivity index (χ0n) is 15.4. The quantitative estimate of drug-likeness (QED) is 0.598. The van der Waals surface area contributed by atoms with E-state index in [1.54, 1.807) is 17.7 Å². The van der Waals surface area contributed by atoms with Gasteiger partial charge in [0.25, 0.3) is 0 Å². The van der Waals surface area contributed by atoms with Gasteiger partial charge in [-0.05, 0) is 44.6 Å². The van der Waals surface area contributed by atoms with Gasteiger partial charge in [0, 0.05) is 16.3 Å². The van der Waals surface area contributed by atoms with Gasteiger partial charge >= 0.3 is 6.03 Å². The summed E-state index contributed by atoms with van der Waals surface area (Å²) in [4.78, 5) is 35.8. The van der Waals surface area contributed by atoms with Crippen molar-refractivity contribution in [2.24, 2.45) is 0 Å². The fraction of sp³-hybridized carbons (Fsp3) is 0.579. The molecule has 2 aliphatic rings. The molecule has 0 saturated heterocycles. The zero-order valence-corrected chi connectivity index (χ0v) is 17.0. The minimum atomic E-state index is -0.405. The minimum Gasteiger partial charge on any atom is -0.335 e. The van der Waals surface area contributed by atoms with Crippen LogP contribution in [0.15, 0.2) is 11.4 Å². The first-order valence-electron chi connectivity index (χ1n) is 9.65. The molecule has 6 nitrogen and oxygen atoms in total. The van der Waals surface area contributed by atoms with Crippen LogP contribution in [0.2, 0.25) is 0 Å². The van der Waals surface area contributed by atoms with Gasteiger partial charge in [-0.2, -0.15) is 0 Å². The molecule has 27 heavy (non-hydrogen) atoms. The number of hydrogen-bond acceptors (Lipinski definition) is 6. The largest absolute Gasteiger partial charge is 0.335 e. The van der Waals surface area contributed by atoms with E-state index in [1.807, 2.05) is 6.92 Å². The van der Waals surface area contributed by atoms with E-state index < -0.39 is 5.25 Å². The maximum atomic E-state index is 12.5. The standard InChI is InChI=1S/C19H24N4O2S2/c1-11(16(24)23-19(25)22-12-6-3-2-4-7-12)26-17-15-13-8-5-9-14(13)27-18(15)21-10-20-17/h10-12H,2-9H2,1H3,(H2,22,23,24,25). The second-order valence-corrected chi connectivity index (χ2v) is 9.69. The summed E-state index contributed by atoms with van der Waals surface area (Å²) in [6.07, 6.45) is 10.4. The molecular weight excluding hydrogens is 380 g/mol. The Bertz CT molecular complexity index is 861. The summed E-state index contributed by atoms with van der Waals surface area (Å²) in [5.41, 5.74) is 1.35. The summed E-state index contributed by atoms with van der Waals surface area (Å²) in [5, 5.41) is 6.95. The molecule has 144 valence electrons. The Morgan fingerprint density at radius 1 is 1.19 bits per heavy atom. The first kappa shape index (κ1) is 18.7. The second-order valence-electron chi connectivity index (χ2n) is 7.27. The van der Waals surface area contributed by atoms with Crippen LogP contribution in [0.1, 0.15) is 55.9 Å². The number of aromatic nitrogens is 2. The number of urea groups is 1. The number of carbonyl (C=O) groups excluding carboxylic acids is 2. The lowest BCUT2D eigenvalue weighted by Crippen LogP contribution is -2.47. The van der Waals surface area contributed by atoms with Gasteiger partial charge in [-0.1, -0.05) is 31.0 Å². The van der Waals surface area contributed by atoms with Gasteiger partial charge in [0.1, 0.15) is 16.2 Å². The minimum absolute atomic E-state index is 0.185. The van der Waals surface area contributed by atoms with E-state index in [0.29, 0.717) is 0 Å². The van der Waals surface area contributed by atoms with E-state index in [2.05, 4.69) is 20.6 Å². The van der Waals surface area contributed by atoms with E-state index in [4.69, 9.17) is 0 Å². The van der Waals surface area contributed by atoms with Crippen LogP contribution in [0.4, 0.5) is 4.79 Å². The van der Waals surface area contributed by atoms with E-state index in [9.17, 15) is 9.59 Å². The average molecular weight is 405 g/mol. The number of fused-ring (bicyclic) bond motifs is 3. The molecule has 2 aromatic rings. The van der Waals surface area contributed by atoms with Crippen molar-refractivity contribution < 1.29 is 9.59 Å². The van der Waals surface area contributed by atoms with Gasteiger partial charge < -0.3 is 5.32 Å². The third kappa shape index (κ3) is 4.11. The lowest BCUT2D eigenvalue weighted by Gasteiger charge is -2.23. The predicted molar refractivity (Wildman–Crippen MR) is 108 cm³/mol. The van der Waals surface area contributed by atoms with Crippen LogP contribution >= 0.6 is 23.1 Å². The monoisotopic (exact) mass is 404 g/mol. The van der Waals surface area contributed by atoms with Crippen LogP contribution in [0.25, 0.3) is 10.2 Å². The number of thioether (sulfide) groups is 1. The van der Waals surface area contributed by atoms with Gasteiger partial charge in [-0.25, -0.2) is 14.8 Å². The van der Waals surface area contributed by atoms with Gasteiger partial charge in [-0.15, -0.1) is 11.3 Å². The Balaban J connectivity index is 1.40. The van der Waals surface area contributed by atoms with E-state index in [-0.39, 0.29) is 18.0 Å². The van der Waals surface area contributed by atoms with Crippen molar-refractivity contribution in [2.75, 3.05) is 0 Å². The smallest absolute Gasteiger partial charge is 0.321 e. The highest BCUT2D eigenvalue weighted by molar-refractivity contribution is 8.00. The molecule has 1 fully saturated rings. The summed E-state index contributed by atoms with van der Waals surface area (Å²) < 4.78 is 0. The van der Waals surface area contributed by atoms with Gasteiger partial charge in [-0.3, -0.25) is 10.1 Å². The molecule has 1 atom stereocenters. The Morgan fingerprint density at radius 3 is 2.81 bits per heavy atom. The molecular formula is C19H24N4O2S2. The average Bonchev–Trinajstić information content (AvgIpc) is 3.23. The van der Waals surface area contributed by atoms with Crippen molar-refractivity contribution in [1.29, 1.82) is 0 Å². The van der Waals surface area contributed by atoms with Crippen LogP contribution in [0.3, 0.4) is 0 Å². The molecule has 2 aliphatic carbocycles. The number of rotatable bonds is 4. The summed E-state index contributed by atoms with van der Waals surface area (Å²) in [5.74, 6) is -0.285. The molecule has 4 rings (SSSR count). The molecule has 3 amide bonds. The molecule has 0 aromatic carbocycles. The number of aryl methyl sites for hydroxylation is 2. The first-order chi connectivity index (χ1) is 13.1. The Morgan fingerprint density at radius 2 is 2.00 bits per heavy atom. The maximum absolute atomic E-state index is 12.5. The number of nitrogens with zero attached hydrogens (tertiary/aromatic N) is 2. The second kappa shape index (κ2) is 8.14. The maximum Gasteiger partial charge on any atom is 0.321 e. The molecule has 1 saturated carbocycles. The fourth-order valence-corrected chi connectivity index (χ4v) is 6.13. The lowest BCUT2D eigenvalue weighted by molar-refractivity contribution is -0.119. The summed E-state index contributed by atoms with van der Waals surface area (Å²) in [6.45, 7) is 1.81. The lowest BCUT2D eigenvalue weighted by atomic mass is 9.96. The Labute approximate surface area is 166 Å². The van der Waals surface area contributed by atoms with Crippen LogP contribution < -0.4 is 10.6 Å². The SMILES string of the molecule is CC(Sc1ncnc2sc3c(c12)CCC3)C(=O)NC(=O)NC1CCCCC1. The first-order valence-corrected chi connectivity index (χ1v) is 11.3. The number of amides is 3. The fourth-order valence-electron chi connectivity index (χ4n) is 3.89. The third-order valence-corrected chi connectivity index (χ3v) is 7.60. The number of carbonyl (C=O) groups is 2. The van der Waals surface area contributed by atoms with Gasteiger partial charge in [0.15, 0.2) is 0 Å². The molecule has 8 heteroatoms. The van der Waals surface area contributed by atoms with Crippen molar-refractivity contribution in [3.63, 3.8) is 0 Å². The molecule has 0 radical (unpaired) electrons. The van der Waals surface area contributed by atoms with E-state index in [1.165, 1.54) is 35.0 Å². The highest BCUT2D eigenvalue weighted by atomic mass is 32.2. The summed E-state index contributed by atoms with van der Waals surface area (Å²) >= 11 is 3.14. The highest BCUT2D eigenvalue weighted by Crippen LogP contribution is 2.40. The molecule has 0 bridgehead atoms. The van der Waals surface area contributed by atoms with Crippen molar-refractivity contribution in [3.05, 3.63) is 16.8 Å². The van der Waals surface area contributed by atoms with Gasteiger partial charge in [0.05, 0.1) is 5.25 Å². The molecule has 1 unspecified atom stereocenters. The van der Waals surface area contributed by atoms with Crippen molar-refractivity contribution in [1.82, 2.24) is 20.6 Å². The van der Waals surface area contributed by atoms with Crippen LogP contribution in [0, 0.1) is 0 Å². The predicted octanol–water partition coefficient (Wildman–Crippen LogP) is 3.82. The van der Waals surface area contributed by atoms with E-state index >= 15 is 0 Å². The zero-order chi connectivity index (χ0) is 18.8. The number of nitrogens with one attached hydrogen (secondary N) is 2. The van der Waals surface area contributed by atoms with Crippen LogP contribution in [-0.2, 0) is 17.6 Å². The summed E-state index contributed by atoms with van der Waals surface area (Å²) in [7, 11) is 0. The molecule has 2 aromatic heterocycles. The topological polar surface area (TPSA) is 84.0 Å². The van der Waals surface area contributed by atoms with Crippen LogP contribution in [0.5, 0.6) is 0 Å². The number of thiophene rings is 1. The summed E-state index contributed by atoms with van der Waals surface area (Å²) in [6, 6.07) is -0.201. The van der Waals surface area contributed by atoms with Crippen molar-refractivity contribution >= 4 is 45.3 Å². The van der Waals surface area contributed by atoms with E-state index in [0.717, 1.165) is 53.8 Å². The molecule has 0 spiro atoms. The normalized spacial score (nSPS) is 18.3. The van der Waals surface area contributed by atoms with Crippen LogP contribution in [-0.4, -0.2) is 33.2 Å². The molecule has 2 heterocycles. The highest BCUT2D eigenvalue weighted by Gasteiger charge is 2.25. The van der Waals surface area contributed by atoms with Crippen molar-refractivity contribution in [2.45, 2.75) is 74.6 Å².